The number of fused-ring (bicyclic) bond motifs is 7. The average Bonchev–Trinajstić information content (AvgIpc) is 3.77. The van der Waals surface area contributed by atoms with Crippen molar-refractivity contribution in [2.45, 2.75) is 0 Å². The number of para-hydroxylation sites is 2. The molecular weight excluding hydrogens is 617 g/mol. The highest BCUT2D eigenvalue weighted by Crippen LogP contribution is 2.42. The van der Waals surface area contributed by atoms with E-state index in [-0.39, 0.29) is 0 Å². The maximum Gasteiger partial charge on any atom is 0.165 e. The van der Waals surface area contributed by atoms with E-state index in [1.807, 2.05) is 97.1 Å². The molecule has 4 heterocycles. The molecule has 0 atom stereocenters. The zero-order valence-electron chi connectivity index (χ0n) is 26.6. The Morgan fingerprint density at radius 2 is 0.740 bits per heavy atom. The van der Waals surface area contributed by atoms with Crippen molar-refractivity contribution in [3.05, 3.63) is 158 Å². The third-order valence-corrected chi connectivity index (χ3v) is 9.16. The highest BCUT2D eigenvalue weighted by atomic mass is 16.3. The second-order valence-corrected chi connectivity index (χ2v) is 12.2. The number of furan rings is 2. The molecule has 0 bridgehead atoms. The van der Waals surface area contributed by atoms with Gasteiger partial charge in [-0.05, 0) is 29.3 Å². The second kappa shape index (κ2) is 11.4. The summed E-state index contributed by atoms with van der Waals surface area (Å²) in [4.78, 5) is 19.7. The molecule has 6 nitrogen and oxygen atoms in total. The first-order valence-electron chi connectivity index (χ1n) is 16.5. The first-order valence-corrected chi connectivity index (χ1v) is 16.5. The first-order chi connectivity index (χ1) is 24.8. The lowest BCUT2D eigenvalue weighted by molar-refractivity contribution is 0.661. The topological polar surface area (TPSA) is 77.8 Å². The van der Waals surface area contributed by atoms with E-state index in [2.05, 4.69) is 60.7 Å². The summed E-state index contributed by atoms with van der Waals surface area (Å²) in [5, 5.41) is 2.94. The molecule has 0 amide bonds. The van der Waals surface area contributed by atoms with Crippen LogP contribution in [-0.2, 0) is 0 Å². The predicted molar refractivity (Wildman–Crippen MR) is 199 cm³/mol. The van der Waals surface area contributed by atoms with Crippen molar-refractivity contribution >= 4 is 44.0 Å². The number of pyridine rings is 1. The van der Waals surface area contributed by atoms with Crippen LogP contribution < -0.4 is 0 Å². The minimum absolute atomic E-state index is 0.627. The van der Waals surface area contributed by atoms with Gasteiger partial charge in [0.2, 0.25) is 0 Å². The van der Waals surface area contributed by atoms with Gasteiger partial charge in [0, 0.05) is 33.0 Å². The van der Waals surface area contributed by atoms with E-state index in [4.69, 9.17) is 28.8 Å². The Morgan fingerprint density at radius 3 is 1.32 bits per heavy atom. The van der Waals surface area contributed by atoms with E-state index in [9.17, 15) is 0 Å². The zero-order chi connectivity index (χ0) is 33.0. The summed E-state index contributed by atoms with van der Waals surface area (Å²) in [5.74, 6) is 1.91. The van der Waals surface area contributed by atoms with Gasteiger partial charge in [0.15, 0.2) is 28.6 Å². The third kappa shape index (κ3) is 4.65. The molecule has 0 aliphatic heterocycles. The van der Waals surface area contributed by atoms with Crippen LogP contribution in [0.15, 0.2) is 167 Å². The predicted octanol–water partition coefficient (Wildman–Crippen LogP) is 11.4. The summed E-state index contributed by atoms with van der Waals surface area (Å²) in [6.07, 6.45) is 0. The fourth-order valence-electron chi connectivity index (χ4n) is 6.68. The maximum atomic E-state index is 6.45. The number of benzene rings is 6. The second-order valence-electron chi connectivity index (χ2n) is 12.2. The molecule has 0 spiro atoms. The normalized spacial score (nSPS) is 11.6. The Labute approximate surface area is 286 Å². The van der Waals surface area contributed by atoms with Crippen LogP contribution in [0.4, 0.5) is 0 Å². The van der Waals surface area contributed by atoms with Gasteiger partial charge < -0.3 is 8.83 Å². The van der Waals surface area contributed by atoms with E-state index in [0.717, 1.165) is 83.1 Å². The monoisotopic (exact) mass is 642 g/mol. The van der Waals surface area contributed by atoms with Gasteiger partial charge in [-0.15, -0.1) is 0 Å². The van der Waals surface area contributed by atoms with E-state index in [1.54, 1.807) is 0 Å². The Morgan fingerprint density at radius 1 is 0.320 bits per heavy atom. The number of aromatic nitrogens is 4. The van der Waals surface area contributed by atoms with Gasteiger partial charge in [-0.25, -0.2) is 19.9 Å². The molecule has 4 aromatic heterocycles. The fourth-order valence-corrected chi connectivity index (χ4v) is 6.68. The van der Waals surface area contributed by atoms with Gasteiger partial charge in [-0.1, -0.05) is 140 Å². The Kier molecular flexibility index (Phi) is 6.39. The van der Waals surface area contributed by atoms with Gasteiger partial charge in [0.25, 0.3) is 0 Å². The lowest BCUT2D eigenvalue weighted by Gasteiger charge is -2.09. The van der Waals surface area contributed by atoms with Crippen LogP contribution in [-0.4, -0.2) is 19.9 Å². The Bertz CT molecular complexity index is 2780. The summed E-state index contributed by atoms with van der Waals surface area (Å²) >= 11 is 0. The summed E-state index contributed by atoms with van der Waals surface area (Å²) in [7, 11) is 0. The quantitative estimate of drug-likeness (QED) is 0.186. The standard InChI is InChI=1S/C44H26N4O2/c1-3-11-30(12-4-1)42-46-43(31-13-5-2-6-14-31)48-44(47-42)32-25-21-28(22-26-32)27-19-23-29(24-20-27)38-40-37(33-15-7-9-17-35(33)49-40)41-39(45-38)34-16-8-10-18-36(34)50-41/h1-26H. The minimum atomic E-state index is 0.627. The summed E-state index contributed by atoms with van der Waals surface area (Å²) < 4.78 is 12.8. The lowest BCUT2D eigenvalue weighted by atomic mass is 10.0. The molecule has 6 heteroatoms. The number of rotatable bonds is 5. The summed E-state index contributed by atoms with van der Waals surface area (Å²) in [5.41, 5.74) is 10.6. The summed E-state index contributed by atoms with van der Waals surface area (Å²) in [6, 6.07) is 53.0. The van der Waals surface area contributed by atoms with Crippen molar-refractivity contribution in [1.82, 2.24) is 19.9 Å². The lowest BCUT2D eigenvalue weighted by Crippen LogP contribution is -2.00. The van der Waals surface area contributed by atoms with Crippen LogP contribution in [0.5, 0.6) is 0 Å². The smallest absolute Gasteiger partial charge is 0.165 e. The van der Waals surface area contributed by atoms with E-state index in [1.165, 1.54) is 0 Å². The van der Waals surface area contributed by atoms with Crippen molar-refractivity contribution in [3.63, 3.8) is 0 Å². The molecular formula is C44H26N4O2. The highest BCUT2D eigenvalue weighted by Gasteiger charge is 2.22. The summed E-state index contributed by atoms with van der Waals surface area (Å²) in [6.45, 7) is 0. The molecule has 0 aliphatic rings. The van der Waals surface area contributed by atoms with Crippen LogP contribution in [0.2, 0.25) is 0 Å². The first kappa shape index (κ1) is 28.1. The molecule has 0 saturated heterocycles. The van der Waals surface area contributed by atoms with Crippen LogP contribution in [0.25, 0.3) is 101 Å². The highest BCUT2D eigenvalue weighted by molar-refractivity contribution is 6.23. The van der Waals surface area contributed by atoms with Crippen LogP contribution in [0, 0.1) is 0 Å². The van der Waals surface area contributed by atoms with E-state index in [0.29, 0.717) is 17.5 Å². The molecule has 0 saturated carbocycles. The molecule has 10 rings (SSSR count). The average molecular weight is 643 g/mol. The maximum absolute atomic E-state index is 6.45. The van der Waals surface area contributed by atoms with Gasteiger partial charge in [-0.2, -0.15) is 0 Å². The van der Waals surface area contributed by atoms with Crippen LogP contribution in [0.3, 0.4) is 0 Å². The van der Waals surface area contributed by atoms with Gasteiger partial charge in [0.05, 0.1) is 5.39 Å². The Balaban J connectivity index is 1.03. The third-order valence-electron chi connectivity index (χ3n) is 9.16. The van der Waals surface area contributed by atoms with E-state index < -0.39 is 0 Å². The van der Waals surface area contributed by atoms with Crippen molar-refractivity contribution in [1.29, 1.82) is 0 Å². The number of hydrogen-bond donors (Lipinski definition) is 0. The number of hydrogen-bond acceptors (Lipinski definition) is 6. The van der Waals surface area contributed by atoms with Crippen molar-refractivity contribution in [2.24, 2.45) is 0 Å². The largest absolute Gasteiger partial charge is 0.454 e. The SMILES string of the molecule is c1ccc(-c2nc(-c3ccccc3)nc(-c3ccc(-c4ccc(-c5nc6c7ccccc7oc6c6c5oc5ccccc56)cc4)cc3)n2)cc1. The molecule has 0 unspecified atom stereocenters. The van der Waals surface area contributed by atoms with Crippen LogP contribution in [0.1, 0.15) is 0 Å². The molecule has 0 radical (unpaired) electrons. The van der Waals surface area contributed by atoms with Crippen molar-refractivity contribution < 1.29 is 8.83 Å². The van der Waals surface area contributed by atoms with Crippen molar-refractivity contribution in [3.8, 4) is 56.5 Å². The molecule has 0 fully saturated rings. The van der Waals surface area contributed by atoms with Gasteiger partial charge in [0.1, 0.15) is 22.4 Å². The van der Waals surface area contributed by atoms with E-state index >= 15 is 0 Å². The van der Waals surface area contributed by atoms with Gasteiger partial charge in [-0.3, -0.25) is 0 Å². The molecule has 6 aromatic carbocycles. The molecule has 0 aliphatic carbocycles. The molecule has 50 heavy (non-hydrogen) atoms. The zero-order valence-corrected chi connectivity index (χ0v) is 26.6. The van der Waals surface area contributed by atoms with Crippen LogP contribution >= 0.6 is 0 Å². The fraction of sp³-hybridized carbons (Fsp3) is 0. The Hall–Kier alpha value is -6.92. The molecule has 0 N–H and O–H groups in total. The minimum Gasteiger partial charge on any atom is -0.454 e. The van der Waals surface area contributed by atoms with Crippen molar-refractivity contribution in [2.75, 3.05) is 0 Å². The molecule has 234 valence electrons. The number of nitrogens with zero attached hydrogens (tertiary/aromatic N) is 4. The molecule has 10 aromatic rings. The van der Waals surface area contributed by atoms with Gasteiger partial charge >= 0.3 is 0 Å².